The third kappa shape index (κ3) is 2.10. The first-order valence-electron chi connectivity index (χ1n) is 5.41. The first kappa shape index (κ1) is 12.2. The van der Waals surface area contributed by atoms with Crippen molar-refractivity contribution in [2.45, 2.75) is 31.5 Å². The molecule has 2 aliphatic carbocycles. The summed E-state index contributed by atoms with van der Waals surface area (Å²) >= 11 is 0. The summed E-state index contributed by atoms with van der Waals surface area (Å²) in [4.78, 5) is 21.8. The first-order valence-corrected chi connectivity index (χ1v) is 5.41. The molecule has 4 atom stereocenters. The summed E-state index contributed by atoms with van der Waals surface area (Å²) in [5.41, 5.74) is 0. The van der Waals surface area contributed by atoms with Crippen LogP contribution in [0.15, 0.2) is 0 Å². The van der Waals surface area contributed by atoms with Gasteiger partial charge in [-0.2, -0.15) is 13.2 Å². The average molecular weight is 251 g/mol. The molecule has 0 unspecified atom stereocenters. The summed E-state index contributed by atoms with van der Waals surface area (Å²) < 4.78 is 36.3. The van der Waals surface area contributed by atoms with Gasteiger partial charge in [0, 0.05) is 6.04 Å². The molecular weight excluding hydrogens is 239 g/mol. The Bertz CT molecular complexity index is 355. The molecule has 2 fully saturated rings. The fourth-order valence-electron chi connectivity index (χ4n) is 3.09. The molecule has 0 spiro atoms. The standard InChI is InChI=1S/C10H12F3NO3/c11-10(12,13)9(17)14-7-5-2-1-4(3-5)6(7)8(15)16/h4-7H,1-3H2,(H,14,17)(H,15,16)/t4-,5+,6+,7-/m0/s1. The maximum atomic E-state index is 12.1. The summed E-state index contributed by atoms with van der Waals surface area (Å²) in [5, 5.41) is 10.8. The fourth-order valence-corrected chi connectivity index (χ4v) is 3.09. The number of carbonyl (C=O) groups is 2. The Morgan fingerprint density at radius 3 is 2.29 bits per heavy atom. The van der Waals surface area contributed by atoms with Crippen molar-refractivity contribution in [2.75, 3.05) is 0 Å². The number of nitrogens with one attached hydrogen (secondary N) is 1. The highest BCUT2D eigenvalue weighted by atomic mass is 19.4. The van der Waals surface area contributed by atoms with Crippen molar-refractivity contribution in [1.29, 1.82) is 0 Å². The molecule has 2 bridgehead atoms. The number of amides is 1. The number of hydrogen-bond donors (Lipinski definition) is 2. The topological polar surface area (TPSA) is 66.4 Å². The number of carbonyl (C=O) groups excluding carboxylic acids is 1. The Kier molecular flexibility index (Phi) is 2.79. The largest absolute Gasteiger partial charge is 0.481 e. The van der Waals surface area contributed by atoms with Gasteiger partial charge < -0.3 is 10.4 Å². The van der Waals surface area contributed by atoms with Gasteiger partial charge in [0.15, 0.2) is 0 Å². The van der Waals surface area contributed by atoms with Gasteiger partial charge in [0.25, 0.3) is 0 Å². The SMILES string of the molecule is O=C(O)[C@@H]1[C@H]2CC[C@H](C2)[C@@H]1NC(=O)C(F)(F)F. The van der Waals surface area contributed by atoms with Crippen molar-refractivity contribution in [3.05, 3.63) is 0 Å². The van der Waals surface area contributed by atoms with Crippen LogP contribution in [-0.2, 0) is 9.59 Å². The molecule has 0 aliphatic heterocycles. The minimum absolute atomic E-state index is 0.101. The van der Waals surface area contributed by atoms with Gasteiger partial charge in [-0.05, 0) is 31.1 Å². The van der Waals surface area contributed by atoms with E-state index < -0.39 is 30.0 Å². The lowest BCUT2D eigenvalue weighted by molar-refractivity contribution is -0.175. The van der Waals surface area contributed by atoms with Crippen LogP contribution in [-0.4, -0.2) is 29.2 Å². The maximum Gasteiger partial charge on any atom is 0.471 e. The average Bonchev–Trinajstić information content (AvgIpc) is 2.75. The second-order valence-corrected chi connectivity index (χ2v) is 4.69. The minimum Gasteiger partial charge on any atom is -0.481 e. The van der Waals surface area contributed by atoms with E-state index in [0.29, 0.717) is 12.8 Å². The normalized spacial score (nSPS) is 35.9. The van der Waals surface area contributed by atoms with Crippen molar-refractivity contribution >= 4 is 11.9 Å². The second kappa shape index (κ2) is 3.89. The number of aliphatic carboxylic acids is 1. The highest BCUT2D eigenvalue weighted by Crippen LogP contribution is 2.48. The van der Waals surface area contributed by atoms with E-state index >= 15 is 0 Å². The Balaban J connectivity index is 2.10. The summed E-state index contributed by atoms with van der Waals surface area (Å²) in [6, 6.07) is -0.875. The van der Waals surface area contributed by atoms with Crippen molar-refractivity contribution in [1.82, 2.24) is 5.32 Å². The number of carboxylic acids is 1. The van der Waals surface area contributed by atoms with Gasteiger partial charge in [-0.25, -0.2) is 0 Å². The second-order valence-electron chi connectivity index (χ2n) is 4.69. The quantitative estimate of drug-likeness (QED) is 0.774. The van der Waals surface area contributed by atoms with E-state index in [9.17, 15) is 22.8 Å². The Morgan fingerprint density at radius 1 is 1.18 bits per heavy atom. The summed E-state index contributed by atoms with van der Waals surface area (Å²) in [7, 11) is 0. The van der Waals surface area contributed by atoms with Gasteiger partial charge in [-0.15, -0.1) is 0 Å². The zero-order valence-electron chi connectivity index (χ0n) is 8.83. The predicted octanol–water partition coefficient (Wildman–Crippen LogP) is 1.16. The lowest BCUT2D eigenvalue weighted by atomic mass is 9.84. The number of carboxylic acid groups (broad SMARTS) is 1. The maximum absolute atomic E-state index is 12.1. The molecule has 7 heteroatoms. The monoisotopic (exact) mass is 251 g/mol. The zero-order chi connectivity index (χ0) is 12.8. The van der Waals surface area contributed by atoms with E-state index in [-0.39, 0.29) is 11.8 Å². The number of fused-ring (bicyclic) bond motifs is 2. The van der Waals surface area contributed by atoms with Crippen LogP contribution >= 0.6 is 0 Å². The molecule has 0 aromatic rings. The highest BCUT2D eigenvalue weighted by molar-refractivity contribution is 5.83. The molecule has 1 amide bonds. The van der Waals surface area contributed by atoms with Crippen molar-refractivity contribution < 1.29 is 27.9 Å². The molecule has 2 aliphatic rings. The zero-order valence-corrected chi connectivity index (χ0v) is 8.83. The number of alkyl halides is 3. The molecular formula is C10H12F3NO3. The lowest BCUT2D eigenvalue weighted by Crippen LogP contribution is -2.50. The molecule has 17 heavy (non-hydrogen) atoms. The summed E-state index contributed by atoms with van der Waals surface area (Å²) in [6.45, 7) is 0. The van der Waals surface area contributed by atoms with E-state index in [1.54, 1.807) is 0 Å². The minimum atomic E-state index is -4.95. The number of halogens is 3. The number of rotatable bonds is 2. The molecule has 2 rings (SSSR count). The van der Waals surface area contributed by atoms with Crippen LogP contribution in [0.4, 0.5) is 13.2 Å². The Hall–Kier alpha value is -1.27. The van der Waals surface area contributed by atoms with Crippen LogP contribution in [0.25, 0.3) is 0 Å². The molecule has 0 heterocycles. The van der Waals surface area contributed by atoms with E-state index in [4.69, 9.17) is 5.11 Å². The molecule has 0 radical (unpaired) electrons. The van der Waals surface area contributed by atoms with Crippen LogP contribution in [0.5, 0.6) is 0 Å². The highest BCUT2D eigenvalue weighted by Gasteiger charge is 2.53. The molecule has 0 aromatic carbocycles. The molecule has 2 N–H and O–H groups in total. The predicted molar refractivity (Wildman–Crippen MR) is 49.9 cm³/mol. The van der Waals surface area contributed by atoms with Gasteiger partial charge in [0.2, 0.25) is 0 Å². The molecule has 96 valence electrons. The van der Waals surface area contributed by atoms with Crippen LogP contribution in [0.1, 0.15) is 19.3 Å². The van der Waals surface area contributed by atoms with Crippen LogP contribution in [0, 0.1) is 17.8 Å². The van der Waals surface area contributed by atoms with E-state index in [2.05, 4.69) is 0 Å². The van der Waals surface area contributed by atoms with Gasteiger partial charge >= 0.3 is 18.1 Å². The van der Waals surface area contributed by atoms with Crippen molar-refractivity contribution in [3.8, 4) is 0 Å². The third-order valence-electron chi connectivity index (χ3n) is 3.76. The van der Waals surface area contributed by atoms with Crippen molar-refractivity contribution in [2.24, 2.45) is 17.8 Å². The molecule has 4 nitrogen and oxygen atoms in total. The third-order valence-corrected chi connectivity index (χ3v) is 3.76. The molecule has 2 saturated carbocycles. The van der Waals surface area contributed by atoms with Gasteiger partial charge in [0.1, 0.15) is 0 Å². The molecule has 0 aromatic heterocycles. The van der Waals surface area contributed by atoms with Gasteiger partial charge in [-0.1, -0.05) is 0 Å². The number of hydrogen-bond acceptors (Lipinski definition) is 2. The van der Waals surface area contributed by atoms with E-state index in [1.807, 2.05) is 5.32 Å². The molecule has 0 saturated heterocycles. The van der Waals surface area contributed by atoms with E-state index in [0.717, 1.165) is 6.42 Å². The van der Waals surface area contributed by atoms with Crippen LogP contribution in [0.2, 0.25) is 0 Å². The Morgan fingerprint density at radius 2 is 1.76 bits per heavy atom. The van der Waals surface area contributed by atoms with Gasteiger partial charge in [-0.3, -0.25) is 9.59 Å². The lowest BCUT2D eigenvalue weighted by Gasteiger charge is -2.29. The van der Waals surface area contributed by atoms with Crippen LogP contribution < -0.4 is 5.32 Å². The first-order chi connectivity index (χ1) is 7.80. The van der Waals surface area contributed by atoms with E-state index in [1.165, 1.54) is 0 Å². The van der Waals surface area contributed by atoms with Crippen LogP contribution in [0.3, 0.4) is 0 Å². The summed E-state index contributed by atoms with van der Waals surface area (Å²) in [5.74, 6) is -4.27. The van der Waals surface area contributed by atoms with Crippen molar-refractivity contribution in [3.63, 3.8) is 0 Å². The van der Waals surface area contributed by atoms with Gasteiger partial charge in [0.05, 0.1) is 5.92 Å². The Labute approximate surface area is 95.2 Å². The summed E-state index contributed by atoms with van der Waals surface area (Å²) in [6.07, 6.45) is -2.94. The fraction of sp³-hybridized carbons (Fsp3) is 0.800. The smallest absolute Gasteiger partial charge is 0.471 e.